The molecule has 7 nitrogen and oxygen atoms in total. The summed E-state index contributed by atoms with van der Waals surface area (Å²) in [4.78, 5) is 14.8. The summed E-state index contributed by atoms with van der Waals surface area (Å²) in [7, 11) is 0. The molecular formula is C19H24N4O3. The lowest BCUT2D eigenvalue weighted by molar-refractivity contribution is 0.0139. The number of para-hydroxylation sites is 1. The molecule has 2 heterocycles. The van der Waals surface area contributed by atoms with Crippen molar-refractivity contribution >= 4 is 5.91 Å². The van der Waals surface area contributed by atoms with Crippen LogP contribution in [0.15, 0.2) is 42.7 Å². The fourth-order valence-corrected chi connectivity index (χ4v) is 4.06. The minimum absolute atomic E-state index is 0.137. The van der Waals surface area contributed by atoms with E-state index in [1.54, 1.807) is 6.20 Å². The number of rotatable bonds is 5. The van der Waals surface area contributed by atoms with Crippen LogP contribution in [0.3, 0.4) is 0 Å². The number of hydrogen-bond acceptors (Lipinski definition) is 5. The first-order valence-corrected chi connectivity index (χ1v) is 9.16. The minimum atomic E-state index is -0.650. The summed E-state index contributed by atoms with van der Waals surface area (Å²) in [5, 5.41) is 20.5. The van der Waals surface area contributed by atoms with E-state index in [4.69, 9.17) is 4.74 Å². The van der Waals surface area contributed by atoms with Gasteiger partial charge in [0.2, 0.25) is 0 Å². The van der Waals surface area contributed by atoms with Gasteiger partial charge in [-0.15, -0.1) is 0 Å². The van der Waals surface area contributed by atoms with Gasteiger partial charge in [0, 0.05) is 12.6 Å². The van der Waals surface area contributed by atoms with Crippen molar-refractivity contribution in [3.8, 4) is 5.75 Å². The Morgan fingerprint density at radius 3 is 2.73 bits per heavy atom. The number of carbonyl (C=O) groups is 1. The average molecular weight is 356 g/mol. The molecule has 0 spiro atoms. The van der Waals surface area contributed by atoms with Gasteiger partial charge in [0.1, 0.15) is 18.0 Å². The van der Waals surface area contributed by atoms with Gasteiger partial charge in [0.05, 0.1) is 23.8 Å². The monoisotopic (exact) mass is 356 g/mol. The summed E-state index contributed by atoms with van der Waals surface area (Å²) in [6.07, 6.45) is 4.89. The second kappa shape index (κ2) is 7.47. The maximum atomic E-state index is 12.5. The third-order valence-electron chi connectivity index (χ3n) is 5.30. The molecule has 4 atom stereocenters. The topological polar surface area (TPSA) is 90.5 Å². The van der Waals surface area contributed by atoms with Crippen LogP contribution >= 0.6 is 0 Å². The molecule has 4 rings (SSSR count). The second-order valence-electron chi connectivity index (χ2n) is 7.00. The van der Waals surface area contributed by atoms with Crippen LogP contribution in [-0.4, -0.2) is 63.5 Å². The Bertz CT molecular complexity index is 716. The van der Waals surface area contributed by atoms with Gasteiger partial charge in [0.25, 0.3) is 5.91 Å². The van der Waals surface area contributed by atoms with Gasteiger partial charge in [-0.1, -0.05) is 18.2 Å². The number of nitrogens with one attached hydrogen (secondary N) is 2. The molecule has 0 unspecified atom stereocenters. The van der Waals surface area contributed by atoms with Crippen LogP contribution in [0.5, 0.6) is 5.75 Å². The number of H-pyrrole nitrogens is 1. The zero-order chi connectivity index (χ0) is 17.9. The molecule has 1 amide bonds. The Balaban J connectivity index is 1.51. The van der Waals surface area contributed by atoms with Gasteiger partial charge in [0.15, 0.2) is 0 Å². The number of amides is 1. The van der Waals surface area contributed by atoms with Gasteiger partial charge in [-0.2, -0.15) is 5.10 Å². The highest BCUT2D eigenvalue weighted by molar-refractivity contribution is 5.93. The largest absolute Gasteiger partial charge is 0.488 e. The van der Waals surface area contributed by atoms with E-state index < -0.39 is 6.10 Å². The standard InChI is InChI=1S/C19H24N4O3/c24-18-16(26-14-6-2-1-3-7-14)10-15(17(18)23-8-4-5-9-23)22-19(25)13-11-20-21-12-13/h1-3,6-7,11-12,15-18,24H,4-5,8-10H2,(H,20,21)(H,22,25)/t15-,16-,17+,18+/m1/s1. The number of aromatic amines is 1. The molecule has 0 radical (unpaired) electrons. The second-order valence-corrected chi connectivity index (χ2v) is 7.00. The Labute approximate surface area is 152 Å². The maximum Gasteiger partial charge on any atom is 0.254 e. The Morgan fingerprint density at radius 2 is 2.04 bits per heavy atom. The van der Waals surface area contributed by atoms with E-state index >= 15 is 0 Å². The first-order valence-electron chi connectivity index (χ1n) is 9.16. The fraction of sp³-hybridized carbons (Fsp3) is 0.474. The van der Waals surface area contributed by atoms with E-state index in [1.165, 1.54) is 6.20 Å². The maximum absolute atomic E-state index is 12.5. The van der Waals surface area contributed by atoms with E-state index in [0.29, 0.717) is 12.0 Å². The zero-order valence-electron chi connectivity index (χ0n) is 14.5. The lowest BCUT2D eigenvalue weighted by Crippen LogP contribution is -2.52. The first-order chi connectivity index (χ1) is 12.7. The van der Waals surface area contributed by atoms with Crippen molar-refractivity contribution in [3.63, 3.8) is 0 Å². The third kappa shape index (κ3) is 3.45. The lowest BCUT2D eigenvalue weighted by atomic mass is 10.1. The van der Waals surface area contributed by atoms with Crippen molar-refractivity contribution in [2.75, 3.05) is 13.1 Å². The molecule has 1 aliphatic carbocycles. The Hall–Kier alpha value is -2.38. The number of hydrogen-bond donors (Lipinski definition) is 3. The van der Waals surface area contributed by atoms with E-state index in [-0.39, 0.29) is 24.1 Å². The van der Waals surface area contributed by atoms with Crippen LogP contribution in [0, 0.1) is 0 Å². The number of carbonyl (C=O) groups excluding carboxylic acids is 1. The smallest absolute Gasteiger partial charge is 0.254 e. The Kier molecular flexibility index (Phi) is 4.90. The number of aliphatic hydroxyl groups excluding tert-OH is 1. The number of likely N-dealkylation sites (tertiary alicyclic amines) is 1. The molecule has 26 heavy (non-hydrogen) atoms. The number of aliphatic hydroxyl groups is 1. The highest BCUT2D eigenvalue weighted by Crippen LogP contribution is 2.31. The van der Waals surface area contributed by atoms with Gasteiger partial charge < -0.3 is 15.2 Å². The fourth-order valence-electron chi connectivity index (χ4n) is 4.06. The van der Waals surface area contributed by atoms with Crippen molar-refractivity contribution in [3.05, 3.63) is 48.3 Å². The summed E-state index contributed by atoms with van der Waals surface area (Å²) >= 11 is 0. The quantitative estimate of drug-likeness (QED) is 0.749. The van der Waals surface area contributed by atoms with Crippen molar-refractivity contribution in [2.24, 2.45) is 0 Å². The van der Waals surface area contributed by atoms with Crippen LogP contribution in [-0.2, 0) is 0 Å². The molecule has 1 saturated heterocycles. The van der Waals surface area contributed by atoms with Crippen LogP contribution < -0.4 is 10.1 Å². The predicted molar refractivity (Wildman–Crippen MR) is 95.9 cm³/mol. The molecule has 1 aromatic heterocycles. The summed E-state index contributed by atoms with van der Waals surface area (Å²) in [6, 6.07) is 9.21. The summed E-state index contributed by atoms with van der Waals surface area (Å²) in [5.74, 6) is 0.555. The van der Waals surface area contributed by atoms with Gasteiger partial charge >= 0.3 is 0 Å². The van der Waals surface area contributed by atoms with Gasteiger partial charge in [-0.3, -0.25) is 14.8 Å². The molecule has 1 aliphatic heterocycles. The number of aromatic nitrogens is 2. The third-order valence-corrected chi connectivity index (χ3v) is 5.30. The van der Waals surface area contributed by atoms with Crippen LogP contribution in [0.4, 0.5) is 0 Å². The van der Waals surface area contributed by atoms with Crippen LogP contribution in [0.2, 0.25) is 0 Å². The molecule has 7 heteroatoms. The molecule has 0 bridgehead atoms. The van der Waals surface area contributed by atoms with Crippen molar-refractivity contribution in [1.82, 2.24) is 20.4 Å². The normalized spacial score (nSPS) is 29.0. The SMILES string of the molecule is O=C(N[C@@H]1C[C@@H](Oc2ccccc2)[C@H](O)[C@H]1N1CCCC1)c1cn[nH]c1. The number of benzene rings is 1. The highest BCUT2D eigenvalue weighted by atomic mass is 16.5. The van der Waals surface area contributed by atoms with Gasteiger partial charge in [-0.25, -0.2) is 0 Å². The van der Waals surface area contributed by atoms with Crippen LogP contribution in [0.25, 0.3) is 0 Å². The molecule has 1 saturated carbocycles. The van der Waals surface area contributed by atoms with E-state index in [0.717, 1.165) is 31.7 Å². The summed E-state index contributed by atoms with van der Waals surface area (Å²) in [6.45, 7) is 1.88. The lowest BCUT2D eigenvalue weighted by Gasteiger charge is -2.31. The van der Waals surface area contributed by atoms with E-state index in [9.17, 15) is 9.90 Å². The van der Waals surface area contributed by atoms with Crippen molar-refractivity contribution in [1.29, 1.82) is 0 Å². The molecule has 1 aromatic carbocycles. The van der Waals surface area contributed by atoms with E-state index in [2.05, 4.69) is 20.4 Å². The average Bonchev–Trinajstić information content (AvgIpc) is 3.39. The number of ether oxygens (including phenoxy) is 1. The number of nitrogens with zero attached hydrogens (tertiary/aromatic N) is 2. The van der Waals surface area contributed by atoms with Crippen molar-refractivity contribution < 1.29 is 14.6 Å². The van der Waals surface area contributed by atoms with Crippen LogP contribution in [0.1, 0.15) is 29.6 Å². The molecule has 2 fully saturated rings. The zero-order valence-corrected chi connectivity index (χ0v) is 14.5. The van der Waals surface area contributed by atoms with Gasteiger partial charge in [-0.05, 0) is 38.1 Å². The summed E-state index contributed by atoms with van der Waals surface area (Å²) < 4.78 is 6.03. The minimum Gasteiger partial charge on any atom is -0.488 e. The highest BCUT2D eigenvalue weighted by Gasteiger charge is 2.47. The first kappa shape index (κ1) is 17.1. The molecule has 138 valence electrons. The Morgan fingerprint density at radius 1 is 1.27 bits per heavy atom. The molecule has 3 N–H and O–H groups in total. The van der Waals surface area contributed by atoms with Crippen molar-refractivity contribution in [2.45, 2.75) is 43.6 Å². The molecule has 2 aromatic rings. The summed E-state index contributed by atoms with van der Waals surface area (Å²) in [5.41, 5.74) is 0.493. The predicted octanol–water partition coefficient (Wildman–Crippen LogP) is 1.18. The van der Waals surface area contributed by atoms with E-state index in [1.807, 2.05) is 30.3 Å². The molecular weight excluding hydrogens is 332 g/mol. The molecule has 2 aliphatic rings.